The number of nitriles is 1. The Balaban J connectivity index is 1.72. The van der Waals surface area contributed by atoms with Gasteiger partial charge in [-0.3, -0.25) is 4.79 Å². The van der Waals surface area contributed by atoms with E-state index in [2.05, 4.69) is 20.6 Å². The van der Waals surface area contributed by atoms with Gasteiger partial charge in [-0.2, -0.15) is 5.26 Å². The monoisotopic (exact) mass is 355 g/mol. The second-order valence-electron chi connectivity index (χ2n) is 5.99. The van der Waals surface area contributed by atoms with Gasteiger partial charge in [0.15, 0.2) is 0 Å². The maximum absolute atomic E-state index is 13.4. The molecule has 2 heterocycles. The van der Waals surface area contributed by atoms with Crippen LogP contribution in [0.4, 0.5) is 10.2 Å². The molecule has 7 nitrogen and oxygen atoms in total. The molecule has 2 atom stereocenters. The zero-order valence-electron chi connectivity index (χ0n) is 14.2. The molecule has 1 aromatic heterocycles. The predicted molar refractivity (Wildman–Crippen MR) is 92.0 cm³/mol. The quantitative estimate of drug-likeness (QED) is 0.867. The highest BCUT2D eigenvalue weighted by Gasteiger charge is 2.28. The average molecular weight is 355 g/mol. The summed E-state index contributed by atoms with van der Waals surface area (Å²) in [5.74, 6) is 0.288. The number of aryl methyl sites for hydroxylation is 1. The van der Waals surface area contributed by atoms with Crippen LogP contribution in [0.15, 0.2) is 30.5 Å². The topological polar surface area (TPSA) is 99.9 Å². The molecule has 2 N–H and O–H groups in total. The third kappa shape index (κ3) is 4.13. The number of anilines is 1. The molecule has 1 aromatic carbocycles. The lowest BCUT2D eigenvalue weighted by Crippen LogP contribution is -2.52. The summed E-state index contributed by atoms with van der Waals surface area (Å²) in [7, 11) is 0. The number of carbonyl (C=O) groups is 1. The number of halogens is 1. The van der Waals surface area contributed by atoms with Crippen molar-refractivity contribution in [2.24, 2.45) is 0 Å². The zero-order valence-corrected chi connectivity index (χ0v) is 14.2. The summed E-state index contributed by atoms with van der Waals surface area (Å²) in [6.07, 6.45) is 2.28. The van der Waals surface area contributed by atoms with E-state index < -0.39 is 5.82 Å². The Kier molecular flexibility index (Phi) is 5.39. The lowest BCUT2D eigenvalue weighted by molar-refractivity contribution is 0.0620. The third-order valence-electron chi connectivity index (χ3n) is 4.13. The zero-order chi connectivity index (χ0) is 18.5. The van der Waals surface area contributed by atoms with Gasteiger partial charge < -0.3 is 15.4 Å². The molecule has 26 heavy (non-hydrogen) atoms. The lowest BCUT2D eigenvalue weighted by atomic mass is 10.0. The normalized spacial score (nSPS) is 19.4. The van der Waals surface area contributed by atoms with Crippen LogP contribution in [0.2, 0.25) is 0 Å². The molecule has 3 rings (SSSR count). The minimum absolute atomic E-state index is 0.157. The van der Waals surface area contributed by atoms with Crippen molar-refractivity contribution in [2.75, 3.05) is 18.5 Å². The van der Waals surface area contributed by atoms with Gasteiger partial charge in [0.25, 0.3) is 5.91 Å². The van der Waals surface area contributed by atoms with Crippen LogP contribution in [-0.2, 0) is 4.74 Å². The third-order valence-corrected chi connectivity index (χ3v) is 4.13. The van der Waals surface area contributed by atoms with Gasteiger partial charge in [-0.25, -0.2) is 14.4 Å². The Morgan fingerprint density at radius 1 is 1.38 bits per heavy atom. The fraction of sp³-hybridized carbons (Fsp3) is 0.333. The SMILES string of the molecule is Cc1nccc(N[C@@H]2COCC[C@@H]2NC(=O)c2ccc(F)c(C#N)c2)n1. The maximum atomic E-state index is 13.4. The molecule has 1 amide bonds. The number of benzene rings is 1. The number of ether oxygens (including phenoxy) is 1. The number of hydrogen-bond acceptors (Lipinski definition) is 6. The van der Waals surface area contributed by atoms with E-state index in [0.717, 1.165) is 6.07 Å². The first-order valence-electron chi connectivity index (χ1n) is 8.21. The molecule has 0 unspecified atom stereocenters. The van der Waals surface area contributed by atoms with Gasteiger partial charge in [0.1, 0.15) is 23.5 Å². The van der Waals surface area contributed by atoms with Gasteiger partial charge in [-0.15, -0.1) is 0 Å². The fourth-order valence-corrected chi connectivity index (χ4v) is 2.78. The van der Waals surface area contributed by atoms with Gasteiger partial charge in [0.2, 0.25) is 0 Å². The van der Waals surface area contributed by atoms with Crippen LogP contribution in [0, 0.1) is 24.1 Å². The maximum Gasteiger partial charge on any atom is 0.251 e. The van der Waals surface area contributed by atoms with E-state index in [1.165, 1.54) is 12.1 Å². The number of nitrogens with zero attached hydrogens (tertiary/aromatic N) is 3. The molecule has 1 fully saturated rings. The second-order valence-corrected chi connectivity index (χ2v) is 5.99. The number of hydrogen-bond donors (Lipinski definition) is 2. The minimum atomic E-state index is -0.645. The van der Waals surface area contributed by atoms with Crippen molar-refractivity contribution in [3.63, 3.8) is 0 Å². The second kappa shape index (κ2) is 7.89. The Morgan fingerprint density at radius 3 is 3.00 bits per heavy atom. The molecule has 8 heteroatoms. The molecule has 1 aliphatic rings. The van der Waals surface area contributed by atoms with E-state index in [-0.39, 0.29) is 29.1 Å². The first kappa shape index (κ1) is 17.8. The summed E-state index contributed by atoms with van der Waals surface area (Å²) in [5.41, 5.74) is 0.0850. The van der Waals surface area contributed by atoms with E-state index in [1.807, 2.05) is 0 Å². The Morgan fingerprint density at radius 2 is 2.23 bits per heavy atom. The molecule has 0 bridgehead atoms. The molecule has 0 spiro atoms. The number of rotatable bonds is 4. The van der Waals surface area contributed by atoms with Crippen molar-refractivity contribution >= 4 is 11.7 Å². The standard InChI is InChI=1S/C18H18FN5O2/c1-11-21-6-4-17(22-11)23-16-10-26-7-5-15(16)24-18(25)12-2-3-14(19)13(8-12)9-20/h2-4,6,8,15-16H,5,7,10H2,1H3,(H,24,25)(H,21,22,23)/t15-,16+/m0/s1. The average Bonchev–Trinajstić information content (AvgIpc) is 2.63. The lowest BCUT2D eigenvalue weighted by Gasteiger charge is -2.33. The van der Waals surface area contributed by atoms with Crippen molar-refractivity contribution in [1.29, 1.82) is 5.26 Å². The highest BCUT2D eigenvalue weighted by Crippen LogP contribution is 2.15. The number of carbonyl (C=O) groups excluding carboxylic acids is 1. The minimum Gasteiger partial charge on any atom is -0.379 e. The van der Waals surface area contributed by atoms with Gasteiger partial charge in [0.05, 0.1) is 24.3 Å². The van der Waals surface area contributed by atoms with E-state index in [0.29, 0.717) is 31.3 Å². The van der Waals surface area contributed by atoms with Crippen LogP contribution in [0.5, 0.6) is 0 Å². The van der Waals surface area contributed by atoms with E-state index >= 15 is 0 Å². The summed E-state index contributed by atoms with van der Waals surface area (Å²) < 4.78 is 18.9. The van der Waals surface area contributed by atoms with Crippen molar-refractivity contribution in [3.8, 4) is 6.07 Å². The van der Waals surface area contributed by atoms with Gasteiger partial charge in [-0.05, 0) is 37.6 Å². The first-order valence-corrected chi connectivity index (χ1v) is 8.21. The predicted octanol–water partition coefficient (Wildman–Crippen LogP) is 1.80. The molecular formula is C18H18FN5O2. The molecule has 134 valence electrons. The van der Waals surface area contributed by atoms with Crippen molar-refractivity contribution in [2.45, 2.75) is 25.4 Å². The summed E-state index contributed by atoms with van der Waals surface area (Å²) in [6.45, 7) is 2.74. The molecule has 0 saturated carbocycles. The highest BCUT2D eigenvalue weighted by molar-refractivity contribution is 5.94. The van der Waals surface area contributed by atoms with Gasteiger partial charge >= 0.3 is 0 Å². The summed E-state index contributed by atoms with van der Waals surface area (Å²) >= 11 is 0. The van der Waals surface area contributed by atoms with Gasteiger partial charge in [-0.1, -0.05) is 0 Å². The van der Waals surface area contributed by atoms with Crippen LogP contribution in [-0.4, -0.2) is 41.2 Å². The van der Waals surface area contributed by atoms with Crippen LogP contribution in [0.25, 0.3) is 0 Å². The number of nitrogens with one attached hydrogen (secondary N) is 2. The van der Waals surface area contributed by atoms with Crippen molar-refractivity contribution in [1.82, 2.24) is 15.3 Å². The van der Waals surface area contributed by atoms with Crippen LogP contribution < -0.4 is 10.6 Å². The largest absolute Gasteiger partial charge is 0.379 e. The number of aromatic nitrogens is 2. The van der Waals surface area contributed by atoms with Crippen molar-refractivity contribution in [3.05, 3.63) is 53.2 Å². The van der Waals surface area contributed by atoms with Crippen LogP contribution >= 0.6 is 0 Å². The van der Waals surface area contributed by atoms with E-state index in [4.69, 9.17) is 10.00 Å². The molecule has 1 aliphatic heterocycles. The smallest absolute Gasteiger partial charge is 0.251 e. The van der Waals surface area contributed by atoms with Crippen LogP contribution in [0.1, 0.15) is 28.2 Å². The summed E-state index contributed by atoms with van der Waals surface area (Å²) in [6, 6.07) is 6.86. The van der Waals surface area contributed by atoms with Crippen molar-refractivity contribution < 1.29 is 13.9 Å². The molecule has 2 aromatic rings. The summed E-state index contributed by atoms with van der Waals surface area (Å²) in [4.78, 5) is 20.9. The Hall–Kier alpha value is -3.05. The molecule has 0 aliphatic carbocycles. The van der Waals surface area contributed by atoms with Gasteiger partial charge in [0, 0.05) is 18.4 Å². The highest BCUT2D eigenvalue weighted by atomic mass is 19.1. The molecule has 0 radical (unpaired) electrons. The number of amides is 1. The molecular weight excluding hydrogens is 337 g/mol. The van der Waals surface area contributed by atoms with E-state index in [9.17, 15) is 9.18 Å². The first-order chi connectivity index (χ1) is 12.6. The molecule has 1 saturated heterocycles. The Labute approximate surface area is 150 Å². The summed E-state index contributed by atoms with van der Waals surface area (Å²) in [5, 5.41) is 15.1. The Bertz CT molecular complexity index is 852. The van der Waals surface area contributed by atoms with Crippen LogP contribution in [0.3, 0.4) is 0 Å². The fourth-order valence-electron chi connectivity index (χ4n) is 2.78. The van der Waals surface area contributed by atoms with E-state index in [1.54, 1.807) is 25.3 Å².